The van der Waals surface area contributed by atoms with E-state index < -0.39 is 6.04 Å². The van der Waals surface area contributed by atoms with Crippen molar-refractivity contribution in [1.29, 1.82) is 0 Å². The summed E-state index contributed by atoms with van der Waals surface area (Å²) >= 11 is 6.24. The van der Waals surface area contributed by atoms with Crippen LogP contribution in [0.3, 0.4) is 0 Å². The van der Waals surface area contributed by atoms with Crippen LogP contribution < -0.4 is 0 Å². The number of piperazine rings is 1. The maximum absolute atomic E-state index is 12.2. The van der Waals surface area contributed by atoms with Crippen LogP contribution in [0.15, 0.2) is 24.3 Å². The third kappa shape index (κ3) is 3.59. The van der Waals surface area contributed by atoms with Crippen LogP contribution in [-0.2, 0) is 14.3 Å². The van der Waals surface area contributed by atoms with Crippen LogP contribution in [0.25, 0.3) is 0 Å². The highest BCUT2D eigenvalue weighted by Gasteiger charge is 2.33. The minimum Gasteiger partial charge on any atom is -0.468 e. The number of hydrogen-bond donors (Lipinski definition) is 0. The monoisotopic (exact) mass is 324 g/mol. The molecule has 6 heteroatoms. The van der Waals surface area contributed by atoms with Crippen molar-refractivity contribution in [2.45, 2.75) is 19.4 Å². The number of esters is 1. The molecule has 0 saturated carbocycles. The predicted octanol–water partition coefficient (Wildman–Crippen LogP) is 2.11. The minimum absolute atomic E-state index is 0.145. The third-order valence-corrected chi connectivity index (χ3v) is 4.30. The van der Waals surface area contributed by atoms with E-state index in [1.807, 2.05) is 34.9 Å². The van der Waals surface area contributed by atoms with Crippen molar-refractivity contribution in [3.05, 3.63) is 34.9 Å². The molecule has 0 aliphatic carbocycles. The Kier molecular flexibility index (Phi) is 5.80. The van der Waals surface area contributed by atoms with Gasteiger partial charge in [-0.05, 0) is 11.6 Å². The topological polar surface area (TPSA) is 49.9 Å². The van der Waals surface area contributed by atoms with Crippen LogP contribution >= 0.6 is 11.6 Å². The summed E-state index contributed by atoms with van der Waals surface area (Å²) in [6, 6.07) is 6.76. The van der Waals surface area contributed by atoms with Gasteiger partial charge in [0.25, 0.3) is 0 Å². The Labute approximate surface area is 135 Å². The zero-order chi connectivity index (χ0) is 16.1. The lowest BCUT2D eigenvalue weighted by atomic mass is 10.0. The molecular weight excluding hydrogens is 304 g/mol. The Bertz CT molecular complexity index is 542. The second-order valence-corrected chi connectivity index (χ2v) is 5.62. The van der Waals surface area contributed by atoms with Crippen LogP contribution in [0, 0.1) is 0 Å². The van der Waals surface area contributed by atoms with E-state index >= 15 is 0 Å². The van der Waals surface area contributed by atoms with Gasteiger partial charge in [-0.3, -0.25) is 9.69 Å². The molecule has 1 unspecified atom stereocenters. The fraction of sp³-hybridized carbons (Fsp3) is 0.500. The molecule has 1 aliphatic heterocycles. The number of hydrogen-bond acceptors (Lipinski definition) is 4. The summed E-state index contributed by atoms with van der Waals surface area (Å²) in [5.74, 6) is -0.185. The minimum atomic E-state index is -0.530. The van der Waals surface area contributed by atoms with Crippen molar-refractivity contribution in [2.24, 2.45) is 0 Å². The predicted molar refractivity (Wildman–Crippen MR) is 84.7 cm³/mol. The highest BCUT2D eigenvalue weighted by Crippen LogP contribution is 2.29. The van der Waals surface area contributed by atoms with E-state index in [-0.39, 0.29) is 11.9 Å². The number of methoxy groups -OCH3 is 1. The fourth-order valence-electron chi connectivity index (χ4n) is 2.73. The first-order valence-corrected chi connectivity index (χ1v) is 7.80. The van der Waals surface area contributed by atoms with E-state index in [2.05, 4.69) is 0 Å². The number of amides is 1. The Hall–Kier alpha value is -1.59. The van der Waals surface area contributed by atoms with Crippen molar-refractivity contribution in [2.75, 3.05) is 33.3 Å². The normalized spacial score (nSPS) is 17.1. The zero-order valence-electron chi connectivity index (χ0n) is 12.9. The quantitative estimate of drug-likeness (QED) is 0.796. The van der Waals surface area contributed by atoms with Crippen molar-refractivity contribution in [3.8, 4) is 0 Å². The highest BCUT2D eigenvalue weighted by molar-refractivity contribution is 6.31. The molecule has 0 aromatic heterocycles. The van der Waals surface area contributed by atoms with Gasteiger partial charge in [0.05, 0.1) is 7.11 Å². The van der Waals surface area contributed by atoms with Gasteiger partial charge in [0.15, 0.2) is 0 Å². The molecule has 1 aliphatic rings. The molecule has 0 radical (unpaired) electrons. The van der Waals surface area contributed by atoms with Crippen molar-refractivity contribution < 1.29 is 14.3 Å². The molecule has 1 heterocycles. The summed E-state index contributed by atoms with van der Waals surface area (Å²) in [4.78, 5) is 27.8. The van der Waals surface area contributed by atoms with Gasteiger partial charge < -0.3 is 9.64 Å². The molecule has 5 nitrogen and oxygen atoms in total. The maximum Gasteiger partial charge on any atom is 0.327 e. The number of halogens is 1. The van der Waals surface area contributed by atoms with Crippen LogP contribution in [0.4, 0.5) is 0 Å². The highest BCUT2D eigenvalue weighted by atomic mass is 35.5. The lowest BCUT2D eigenvalue weighted by molar-refractivity contribution is -0.148. The van der Waals surface area contributed by atoms with Crippen LogP contribution in [0.5, 0.6) is 0 Å². The summed E-state index contributed by atoms with van der Waals surface area (Å²) in [5, 5.41) is 0.546. The Morgan fingerprint density at radius 2 is 1.86 bits per heavy atom. The first-order valence-electron chi connectivity index (χ1n) is 7.42. The molecular formula is C16H21ClN2O3. The SMILES string of the molecule is CCC(=O)N1CCN(C(C(=O)OC)c2ccccc2Cl)CC1. The summed E-state index contributed by atoms with van der Waals surface area (Å²) in [6.07, 6.45) is 0.505. The molecule has 2 rings (SSSR count). The van der Waals surface area contributed by atoms with E-state index in [9.17, 15) is 9.59 Å². The Balaban J connectivity index is 2.17. The molecule has 0 spiro atoms. The van der Waals surface area contributed by atoms with Crippen molar-refractivity contribution in [3.63, 3.8) is 0 Å². The molecule has 1 atom stereocenters. The lowest BCUT2D eigenvalue weighted by Crippen LogP contribution is -2.51. The average Bonchev–Trinajstić information content (AvgIpc) is 2.56. The van der Waals surface area contributed by atoms with Gasteiger partial charge in [-0.2, -0.15) is 0 Å². The summed E-state index contributed by atoms with van der Waals surface area (Å²) in [7, 11) is 1.38. The molecule has 22 heavy (non-hydrogen) atoms. The molecule has 1 saturated heterocycles. The van der Waals surface area contributed by atoms with E-state index in [0.29, 0.717) is 37.6 Å². The number of ether oxygens (including phenoxy) is 1. The van der Waals surface area contributed by atoms with Gasteiger partial charge >= 0.3 is 5.97 Å². The second-order valence-electron chi connectivity index (χ2n) is 5.22. The van der Waals surface area contributed by atoms with E-state index in [0.717, 1.165) is 5.56 Å². The largest absolute Gasteiger partial charge is 0.468 e. The van der Waals surface area contributed by atoms with Crippen LogP contribution in [0.2, 0.25) is 5.02 Å². The zero-order valence-corrected chi connectivity index (χ0v) is 13.7. The summed E-state index contributed by atoms with van der Waals surface area (Å²) in [6.45, 7) is 4.33. The number of benzene rings is 1. The number of nitrogens with zero attached hydrogens (tertiary/aromatic N) is 2. The molecule has 1 aromatic carbocycles. The average molecular weight is 325 g/mol. The van der Waals surface area contributed by atoms with Gasteiger partial charge in [-0.25, -0.2) is 4.79 Å². The third-order valence-electron chi connectivity index (χ3n) is 3.96. The van der Waals surface area contributed by atoms with Crippen LogP contribution in [-0.4, -0.2) is 55.0 Å². The molecule has 1 aromatic rings. The Morgan fingerprint density at radius 3 is 2.41 bits per heavy atom. The van der Waals surface area contributed by atoms with Gasteiger partial charge in [0.2, 0.25) is 5.91 Å². The van der Waals surface area contributed by atoms with Gasteiger partial charge in [0, 0.05) is 37.6 Å². The van der Waals surface area contributed by atoms with Gasteiger partial charge in [0.1, 0.15) is 6.04 Å². The van der Waals surface area contributed by atoms with Crippen molar-refractivity contribution >= 4 is 23.5 Å². The summed E-state index contributed by atoms with van der Waals surface area (Å²) in [5.41, 5.74) is 0.742. The maximum atomic E-state index is 12.2. The molecule has 1 fully saturated rings. The number of carbonyl (C=O) groups is 2. The molecule has 120 valence electrons. The molecule has 1 amide bonds. The second kappa shape index (κ2) is 7.61. The number of carbonyl (C=O) groups excluding carboxylic acids is 2. The Morgan fingerprint density at radius 1 is 1.23 bits per heavy atom. The van der Waals surface area contributed by atoms with E-state index in [1.54, 1.807) is 6.07 Å². The molecule has 0 N–H and O–H groups in total. The number of rotatable bonds is 4. The first-order chi connectivity index (χ1) is 10.6. The van der Waals surface area contributed by atoms with E-state index in [1.165, 1.54) is 7.11 Å². The van der Waals surface area contributed by atoms with Crippen LogP contribution in [0.1, 0.15) is 24.9 Å². The standard InChI is InChI=1S/C16H21ClN2O3/c1-3-14(20)18-8-10-19(11-9-18)15(16(21)22-2)12-6-4-5-7-13(12)17/h4-7,15H,3,8-11H2,1-2H3. The van der Waals surface area contributed by atoms with Gasteiger partial charge in [-0.1, -0.05) is 36.7 Å². The lowest BCUT2D eigenvalue weighted by Gasteiger charge is -2.38. The first kappa shape index (κ1) is 16.8. The van der Waals surface area contributed by atoms with E-state index in [4.69, 9.17) is 16.3 Å². The smallest absolute Gasteiger partial charge is 0.327 e. The van der Waals surface area contributed by atoms with Crippen molar-refractivity contribution in [1.82, 2.24) is 9.80 Å². The molecule has 0 bridgehead atoms. The fourth-order valence-corrected chi connectivity index (χ4v) is 2.97. The van der Waals surface area contributed by atoms with Gasteiger partial charge in [-0.15, -0.1) is 0 Å². The summed E-state index contributed by atoms with van der Waals surface area (Å²) < 4.78 is 4.95.